The maximum atomic E-state index is 12.2. The first kappa shape index (κ1) is 20.4. The Labute approximate surface area is 167 Å². The summed E-state index contributed by atoms with van der Waals surface area (Å²) >= 11 is 1.38. The number of hydrogen-bond acceptors (Lipinski definition) is 8. The van der Waals surface area contributed by atoms with Crippen LogP contribution in [0.3, 0.4) is 0 Å². The van der Waals surface area contributed by atoms with Gasteiger partial charge in [0.15, 0.2) is 6.61 Å². The van der Waals surface area contributed by atoms with E-state index in [2.05, 4.69) is 9.97 Å². The Morgan fingerprint density at radius 2 is 1.96 bits per heavy atom. The van der Waals surface area contributed by atoms with Crippen molar-refractivity contribution in [2.24, 2.45) is 0 Å². The van der Waals surface area contributed by atoms with Crippen LogP contribution in [-0.2, 0) is 30.8 Å². The average Bonchev–Trinajstić information content (AvgIpc) is 3.14. The summed E-state index contributed by atoms with van der Waals surface area (Å²) in [6.45, 7) is 0.683. The molecular weight excluding hydrogens is 404 g/mol. The molecule has 0 aliphatic carbocycles. The predicted molar refractivity (Wildman–Crippen MR) is 103 cm³/mol. The first-order chi connectivity index (χ1) is 13.3. The Morgan fingerprint density at radius 3 is 2.61 bits per heavy atom. The predicted octanol–water partition coefficient (Wildman–Crippen LogP) is 0.395. The lowest BCUT2D eigenvalue weighted by molar-refractivity contribution is -0.152. The van der Waals surface area contributed by atoms with Gasteiger partial charge in [0.05, 0.1) is 24.1 Å². The smallest absolute Gasteiger partial charge is 0.312 e. The second-order valence-electron chi connectivity index (χ2n) is 6.24. The van der Waals surface area contributed by atoms with Gasteiger partial charge in [0.1, 0.15) is 5.01 Å². The summed E-state index contributed by atoms with van der Waals surface area (Å²) in [7, 11) is -3.25. The number of thiazole rings is 1. The molecule has 0 atom stereocenters. The minimum absolute atomic E-state index is 0.0293. The van der Waals surface area contributed by atoms with Crippen LogP contribution < -0.4 is 0 Å². The van der Waals surface area contributed by atoms with Crippen LogP contribution in [0, 0.1) is 0 Å². The van der Waals surface area contributed by atoms with Gasteiger partial charge in [-0.25, -0.2) is 13.4 Å². The molecule has 0 aromatic carbocycles. The van der Waals surface area contributed by atoms with Gasteiger partial charge >= 0.3 is 5.97 Å². The summed E-state index contributed by atoms with van der Waals surface area (Å²) in [5.74, 6) is -0.880. The molecule has 0 bridgehead atoms. The van der Waals surface area contributed by atoms with E-state index in [1.807, 2.05) is 18.2 Å². The van der Waals surface area contributed by atoms with E-state index in [0.29, 0.717) is 10.7 Å². The molecule has 2 aromatic heterocycles. The van der Waals surface area contributed by atoms with Crippen molar-refractivity contribution < 1.29 is 22.7 Å². The van der Waals surface area contributed by atoms with Gasteiger partial charge in [0.25, 0.3) is 5.91 Å². The number of sulfonamides is 1. The fraction of sp³-hybridized carbons (Fsp3) is 0.412. The number of aromatic nitrogens is 2. The highest BCUT2D eigenvalue weighted by atomic mass is 32.2. The minimum Gasteiger partial charge on any atom is -0.455 e. The van der Waals surface area contributed by atoms with Gasteiger partial charge < -0.3 is 9.64 Å². The Morgan fingerprint density at radius 1 is 1.21 bits per heavy atom. The number of nitrogens with zero attached hydrogens (tertiary/aromatic N) is 4. The van der Waals surface area contributed by atoms with Crippen LogP contribution in [0.2, 0.25) is 0 Å². The lowest BCUT2D eigenvalue weighted by atomic mass is 10.3. The molecule has 1 amide bonds. The largest absolute Gasteiger partial charge is 0.455 e. The first-order valence-electron chi connectivity index (χ1n) is 8.57. The molecule has 1 saturated heterocycles. The number of amides is 1. The molecule has 0 unspecified atom stereocenters. The van der Waals surface area contributed by atoms with Crippen molar-refractivity contribution in [3.63, 3.8) is 0 Å². The number of rotatable bonds is 6. The second kappa shape index (κ2) is 8.76. The van der Waals surface area contributed by atoms with Crippen molar-refractivity contribution in [1.82, 2.24) is 19.2 Å². The molecule has 150 valence electrons. The topological polar surface area (TPSA) is 110 Å². The highest BCUT2D eigenvalue weighted by molar-refractivity contribution is 7.88. The summed E-state index contributed by atoms with van der Waals surface area (Å²) < 4.78 is 29.4. The third-order valence-electron chi connectivity index (χ3n) is 4.18. The van der Waals surface area contributed by atoms with Crippen molar-refractivity contribution >= 4 is 33.2 Å². The number of ether oxygens (including phenoxy) is 1. The Balaban J connectivity index is 1.45. The Hall–Kier alpha value is -2.37. The molecule has 28 heavy (non-hydrogen) atoms. The zero-order chi connectivity index (χ0) is 20.1. The standard InChI is InChI=1S/C17H20N4O5S2/c1-28(24,25)21-8-6-20(7-9-21)15(22)11-26-16(23)10-13-12-27-17(19-13)14-4-2-3-5-18-14/h2-5,12H,6-11H2,1H3. The molecule has 2 aromatic rings. The monoisotopic (exact) mass is 424 g/mol. The maximum Gasteiger partial charge on any atom is 0.312 e. The van der Waals surface area contributed by atoms with Gasteiger partial charge in [0, 0.05) is 37.8 Å². The third kappa shape index (κ3) is 5.33. The van der Waals surface area contributed by atoms with E-state index in [1.165, 1.54) is 20.5 Å². The number of carbonyl (C=O) groups is 2. The molecule has 1 aliphatic rings. The van der Waals surface area contributed by atoms with Gasteiger partial charge in [-0.2, -0.15) is 4.31 Å². The summed E-state index contributed by atoms with van der Waals surface area (Å²) in [5, 5.41) is 2.47. The van der Waals surface area contributed by atoms with Gasteiger partial charge in [-0.05, 0) is 12.1 Å². The average molecular weight is 425 g/mol. The zero-order valence-corrected chi connectivity index (χ0v) is 16.9. The quantitative estimate of drug-likeness (QED) is 0.617. The molecule has 0 radical (unpaired) electrons. The number of piperazine rings is 1. The lowest BCUT2D eigenvalue weighted by Gasteiger charge is -2.33. The molecule has 0 spiro atoms. The van der Waals surface area contributed by atoms with Crippen molar-refractivity contribution in [2.75, 3.05) is 39.0 Å². The minimum atomic E-state index is -3.25. The highest BCUT2D eigenvalue weighted by Crippen LogP contribution is 2.21. The summed E-state index contributed by atoms with van der Waals surface area (Å²) in [6, 6.07) is 5.51. The van der Waals surface area contributed by atoms with Crippen molar-refractivity contribution in [3.05, 3.63) is 35.5 Å². The molecule has 3 heterocycles. The second-order valence-corrected chi connectivity index (χ2v) is 9.08. The third-order valence-corrected chi connectivity index (χ3v) is 6.40. The van der Waals surface area contributed by atoms with Gasteiger partial charge in [-0.15, -0.1) is 11.3 Å². The van der Waals surface area contributed by atoms with Crippen LogP contribution in [0.1, 0.15) is 5.69 Å². The molecule has 11 heteroatoms. The zero-order valence-electron chi connectivity index (χ0n) is 15.3. The van der Waals surface area contributed by atoms with E-state index in [1.54, 1.807) is 11.6 Å². The lowest BCUT2D eigenvalue weighted by Crippen LogP contribution is -2.51. The highest BCUT2D eigenvalue weighted by Gasteiger charge is 2.26. The van der Waals surface area contributed by atoms with E-state index in [0.717, 1.165) is 11.9 Å². The van der Waals surface area contributed by atoms with Crippen molar-refractivity contribution in [2.45, 2.75) is 6.42 Å². The van der Waals surface area contributed by atoms with Crippen LogP contribution in [0.25, 0.3) is 10.7 Å². The molecule has 3 rings (SSSR count). The Bertz CT molecular complexity index is 937. The van der Waals surface area contributed by atoms with Crippen LogP contribution >= 0.6 is 11.3 Å². The summed E-state index contributed by atoms with van der Waals surface area (Å²) in [4.78, 5) is 34.2. The van der Waals surface area contributed by atoms with E-state index >= 15 is 0 Å². The van der Waals surface area contributed by atoms with E-state index in [-0.39, 0.29) is 45.1 Å². The Kier molecular flexibility index (Phi) is 6.37. The number of hydrogen-bond donors (Lipinski definition) is 0. The first-order valence-corrected chi connectivity index (χ1v) is 11.3. The van der Waals surface area contributed by atoms with Crippen molar-refractivity contribution in [3.8, 4) is 10.7 Å². The van der Waals surface area contributed by atoms with Crippen LogP contribution in [0.4, 0.5) is 0 Å². The normalized spacial score (nSPS) is 15.4. The van der Waals surface area contributed by atoms with Crippen molar-refractivity contribution in [1.29, 1.82) is 0 Å². The van der Waals surface area contributed by atoms with Gasteiger partial charge in [-0.1, -0.05) is 6.07 Å². The van der Waals surface area contributed by atoms with E-state index in [4.69, 9.17) is 4.74 Å². The van der Waals surface area contributed by atoms with Gasteiger partial charge in [-0.3, -0.25) is 14.6 Å². The fourth-order valence-electron chi connectivity index (χ4n) is 2.70. The molecule has 1 fully saturated rings. The number of esters is 1. The summed E-state index contributed by atoms with van der Waals surface area (Å²) in [5.41, 5.74) is 1.29. The van der Waals surface area contributed by atoms with Gasteiger partial charge in [0.2, 0.25) is 10.0 Å². The molecular formula is C17H20N4O5S2. The number of carbonyl (C=O) groups excluding carboxylic acids is 2. The van der Waals surface area contributed by atoms with E-state index in [9.17, 15) is 18.0 Å². The van der Waals surface area contributed by atoms with Crippen LogP contribution in [0.15, 0.2) is 29.8 Å². The molecule has 1 aliphatic heterocycles. The SMILES string of the molecule is CS(=O)(=O)N1CCN(C(=O)COC(=O)Cc2csc(-c3ccccn3)n2)CC1. The maximum absolute atomic E-state index is 12.2. The van der Waals surface area contributed by atoms with Crippen LogP contribution in [0.5, 0.6) is 0 Å². The van der Waals surface area contributed by atoms with E-state index < -0.39 is 16.0 Å². The van der Waals surface area contributed by atoms with Crippen LogP contribution in [-0.4, -0.2) is 78.5 Å². The number of pyridine rings is 1. The molecule has 9 nitrogen and oxygen atoms in total. The molecule has 0 N–H and O–H groups in total. The molecule has 0 saturated carbocycles. The summed E-state index contributed by atoms with van der Waals surface area (Å²) in [6.07, 6.45) is 2.79. The fourth-order valence-corrected chi connectivity index (χ4v) is 4.32.